The Bertz CT molecular complexity index is 238. The molecule has 0 N–H and O–H groups in total. The summed E-state index contributed by atoms with van der Waals surface area (Å²) < 4.78 is 0. The van der Waals surface area contributed by atoms with E-state index in [4.69, 9.17) is 0 Å². The molecule has 0 heterocycles. The molecular weight excluding hydrogens is 251 g/mol. The van der Waals surface area contributed by atoms with Gasteiger partial charge in [-0.2, -0.15) is 0 Å². The van der Waals surface area contributed by atoms with Crippen molar-refractivity contribution in [2.24, 2.45) is 0 Å². The fraction of sp³-hybridized carbons (Fsp3) is 0.692. The van der Waals surface area contributed by atoms with Crippen LogP contribution in [0.4, 0.5) is 0 Å². The van der Waals surface area contributed by atoms with Crippen LogP contribution in [-0.2, 0) is 17.1 Å². The van der Waals surface area contributed by atoms with Crippen molar-refractivity contribution in [3.63, 3.8) is 0 Å². The molecule has 1 rings (SSSR count). The summed E-state index contributed by atoms with van der Waals surface area (Å²) in [6.45, 7) is 8.16. The van der Waals surface area contributed by atoms with Gasteiger partial charge in [-0.05, 0) is 0 Å². The van der Waals surface area contributed by atoms with Crippen molar-refractivity contribution < 1.29 is 17.1 Å². The van der Waals surface area contributed by atoms with Crippen molar-refractivity contribution in [1.29, 1.82) is 0 Å². The molecule has 0 unspecified atom stereocenters. The molecule has 1 radical (unpaired) electrons. The quantitative estimate of drug-likeness (QED) is 0.513. The zero-order valence-electron chi connectivity index (χ0n) is 10.5. The Morgan fingerprint density at radius 2 is 1.47 bits per heavy atom. The average Bonchev–Trinajstić information content (AvgIpc) is 2.78. The van der Waals surface area contributed by atoms with Gasteiger partial charge in [-0.25, -0.2) is 0 Å². The molecule has 0 amide bonds. The van der Waals surface area contributed by atoms with E-state index < -0.39 is 6.60 Å². The van der Waals surface area contributed by atoms with Crippen LogP contribution in [0.1, 0.15) is 34.1 Å². The van der Waals surface area contributed by atoms with Crippen LogP contribution in [0.25, 0.3) is 0 Å². The minimum Gasteiger partial charge on any atom is 0 e. The second-order valence-corrected chi connectivity index (χ2v) is 11.6. The van der Waals surface area contributed by atoms with Crippen LogP contribution in [0.3, 0.4) is 0 Å². The Hall–Kier alpha value is 0.429. The second kappa shape index (κ2) is 5.67. The third-order valence-corrected chi connectivity index (χ3v) is 13.5. The SMILES string of the molecule is CCP(CC)(CC)(CC)C1=CC=CC1.[Cu]. The van der Waals surface area contributed by atoms with Crippen LogP contribution in [-0.4, -0.2) is 24.6 Å². The first-order valence-electron chi connectivity index (χ1n) is 6.03. The summed E-state index contributed by atoms with van der Waals surface area (Å²) in [5.74, 6) is 0. The van der Waals surface area contributed by atoms with Gasteiger partial charge in [-0.3, -0.25) is 0 Å². The molecule has 2 heteroatoms. The molecule has 0 saturated heterocycles. The molecule has 0 aromatic rings. The Labute approximate surface area is 106 Å². The van der Waals surface area contributed by atoms with Gasteiger partial charge in [0.25, 0.3) is 0 Å². The van der Waals surface area contributed by atoms with Gasteiger partial charge >= 0.3 is 88.9 Å². The summed E-state index contributed by atoms with van der Waals surface area (Å²) in [5.41, 5.74) is 0. The van der Waals surface area contributed by atoms with Crippen molar-refractivity contribution in [2.45, 2.75) is 34.1 Å². The largest absolute Gasteiger partial charge is 0 e. The van der Waals surface area contributed by atoms with Crippen LogP contribution in [0, 0.1) is 0 Å². The van der Waals surface area contributed by atoms with Crippen molar-refractivity contribution in [1.82, 2.24) is 0 Å². The topological polar surface area (TPSA) is 0 Å². The van der Waals surface area contributed by atoms with Gasteiger partial charge in [0.1, 0.15) is 0 Å². The predicted molar refractivity (Wildman–Crippen MR) is 70.9 cm³/mol. The van der Waals surface area contributed by atoms with Gasteiger partial charge < -0.3 is 0 Å². The molecule has 1 aliphatic rings. The maximum absolute atomic E-state index is 2.41. The number of hydrogen-bond donors (Lipinski definition) is 0. The number of rotatable bonds is 5. The maximum atomic E-state index is 2.41. The molecule has 1 aliphatic carbocycles. The molecule has 0 bridgehead atoms. The van der Waals surface area contributed by atoms with Crippen molar-refractivity contribution >= 4 is 6.60 Å². The molecule has 93 valence electrons. The summed E-state index contributed by atoms with van der Waals surface area (Å²) in [7, 11) is 0. The van der Waals surface area contributed by atoms with E-state index in [1.54, 1.807) is 5.31 Å². The number of allylic oxidation sites excluding steroid dienone is 4. The minimum atomic E-state index is -1.48. The molecule has 15 heavy (non-hydrogen) atoms. The predicted octanol–water partition coefficient (Wildman–Crippen LogP) is 4.46. The molecular formula is C13H25CuP. The first kappa shape index (κ1) is 15.4. The van der Waals surface area contributed by atoms with Crippen molar-refractivity contribution in [3.05, 3.63) is 23.5 Å². The molecule has 0 atom stereocenters. The van der Waals surface area contributed by atoms with Crippen molar-refractivity contribution in [3.8, 4) is 0 Å². The van der Waals surface area contributed by atoms with E-state index in [1.807, 2.05) is 0 Å². The third-order valence-electron chi connectivity index (χ3n) is 4.88. The first-order chi connectivity index (χ1) is 6.67. The molecule has 0 spiro atoms. The van der Waals surface area contributed by atoms with Gasteiger partial charge in [-0.1, -0.05) is 0 Å². The van der Waals surface area contributed by atoms with E-state index in [0.717, 1.165) is 0 Å². The van der Waals surface area contributed by atoms with Gasteiger partial charge in [0, 0.05) is 17.1 Å². The summed E-state index contributed by atoms with van der Waals surface area (Å²) in [6.07, 6.45) is 13.9. The minimum absolute atomic E-state index is 0. The van der Waals surface area contributed by atoms with Crippen LogP contribution in [0.2, 0.25) is 0 Å². The van der Waals surface area contributed by atoms with E-state index in [1.165, 1.54) is 31.1 Å². The fourth-order valence-corrected chi connectivity index (χ4v) is 8.50. The zero-order chi connectivity index (χ0) is 10.7. The van der Waals surface area contributed by atoms with Crippen molar-refractivity contribution in [2.75, 3.05) is 24.6 Å². The molecule has 0 aromatic heterocycles. The van der Waals surface area contributed by atoms with E-state index in [0.29, 0.717) is 0 Å². The van der Waals surface area contributed by atoms with Gasteiger partial charge in [-0.15, -0.1) is 0 Å². The Kier molecular flexibility index (Phi) is 5.83. The Morgan fingerprint density at radius 3 is 1.73 bits per heavy atom. The standard InChI is InChI=1S/C13H25P.Cu/c1-5-14(6-2,7-3,8-4)13-11-9-10-12-13;/h9-11H,5-8,12H2,1-4H3;. The molecule has 0 saturated carbocycles. The van der Waals surface area contributed by atoms with Crippen LogP contribution < -0.4 is 0 Å². The molecule has 0 nitrogen and oxygen atoms in total. The van der Waals surface area contributed by atoms with Crippen LogP contribution in [0.5, 0.6) is 0 Å². The normalized spacial score (nSPS) is 17.9. The second-order valence-electron chi connectivity index (χ2n) is 4.53. The summed E-state index contributed by atoms with van der Waals surface area (Å²) >= 11 is 0. The first-order valence-corrected chi connectivity index (χ1v) is 9.01. The third kappa shape index (κ3) is 2.26. The smallest absolute Gasteiger partial charge is 0 e. The van der Waals surface area contributed by atoms with Gasteiger partial charge in [0.15, 0.2) is 0 Å². The van der Waals surface area contributed by atoms with E-state index >= 15 is 0 Å². The van der Waals surface area contributed by atoms with E-state index in [2.05, 4.69) is 45.9 Å². The Balaban J connectivity index is 0.00000196. The fourth-order valence-electron chi connectivity index (χ4n) is 3.06. The summed E-state index contributed by atoms with van der Waals surface area (Å²) in [4.78, 5) is 0. The van der Waals surface area contributed by atoms with E-state index in [-0.39, 0.29) is 17.1 Å². The Morgan fingerprint density at radius 1 is 1.00 bits per heavy atom. The van der Waals surface area contributed by atoms with Gasteiger partial charge in [0.05, 0.1) is 0 Å². The monoisotopic (exact) mass is 275 g/mol. The zero-order valence-corrected chi connectivity index (χ0v) is 12.4. The van der Waals surface area contributed by atoms with Crippen LogP contribution >= 0.6 is 6.60 Å². The molecule has 0 aliphatic heterocycles. The van der Waals surface area contributed by atoms with E-state index in [9.17, 15) is 0 Å². The average molecular weight is 276 g/mol. The maximum Gasteiger partial charge on any atom is 0 e. The summed E-state index contributed by atoms with van der Waals surface area (Å²) in [6, 6.07) is 0. The molecule has 0 aromatic carbocycles. The molecule has 0 fully saturated rings. The van der Waals surface area contributed by atoms with Gasteiger partial charge in [0.2, 0.25) is 0 Å². The summed E-state index contributed by atoms with van der Waals surface area (Å²) in [5, 5.41) is 1.80. The number of hydrogen-bond acceptors (Lipinski definition) is 0. The van der Waals surface area contributed by atoms with Crippen LogP contribution in [0.15, 0.2) is 23.5 Å².